The van der Waals surface area contributed by atoms with Gasteiger partial charge in [0.1, 0.15) is 5.82 Å². The second kappa shape index (κ2) is 4.61. The Morgan fingerprint density at radius 1 is 1.00 bits per heavy atom. The van der Waals surface area contributed by atoms with Crippen molar-refractivity contribution in [3.63, 3.8) is 0 Å². The number of nitrogens with zero attached hydrogens (tertiary/aromatic N) is 1. The molecule has 0 fully saturated rings. The standard InChI is InChI=1S/C16H15N3/c1-11-4-2-5-12(10-11)19-16-14-6-3-7-15(17)13(14)8-9-18-16/h2-10H,17H2,1H3,(H,18,19). The van der Waals surface area contributed by atoms with E-state index in [9.17, 15) is 0 Å². The maximum absolute atomic E-state index is 5.99. The van der Waals surface area contributed by atoms with Crippen molar-refractivity contribution < 1.29 is 0 Å². The van der Waals surface area contributed by atoms with E-state index in [4.69, 9.17) is 5.73 Å². The van der Waals surface area contributed by atoms with Crippen LogP contribution in [0.1, 0.15) is 5.56 Å². The van der Waals surface area contributed by atoms with Gasteiger partial charge in [0.05, 0.1) is 0 Å². The van der Waals surface area contributed by atoms with E-state index in [2.05, 4.69) is 29.4 Å². The molecule has 3 rings (SSSR count). The minimum Gasteiger partial charge on any atom is -0.398 e. The topological polar surface area (TPSA) is 50.9 Å². The van der Waals surface area contributed by atoms with E-state index in [0.717, 1.165) is 28.0 Å². The molecular weight excluding hydrogens is 234 g/mol. The van der Waals surface area contributed by atoms with E-state index in [1.807, 2.05) is 36.4 Å². The van der Waals surface area contributed by atoms with E-state index < -0.39 is 0 Å². The molecular formula is C16H15N3. The van der Waals surface area contributed by atoms with Gasteiger partial charge in [0.2, 0.25) is 0 Å². The van der Waals surface area contributed by atoms with Crippen LogP contribution in [-0.2, 0) is 0 Å². The number of anilines is 3. The molecule has 0 saturated heterocycles. The number of benzene rings is 2. The monoisotopic (exact) mass is 249 g/mol. The number of nitrogens with two attached hydrogens (primary N) is 1. The fraction of sp³-hybridized carbons (Fsp3) is 0.0625. The van der Waals surface area contributed by atoms with Gasteiger partial charge in [-0.1, -0.05) is 24.3 Å². The van der Waals surface area contributed by atoms with Gasteiger partial charge in [0.15, 0.2) is 0 Å². The summed E-state index contributed by atoms with van der Waals surface area (Å²) < 4.78 is 0. The molecule has 0 atom stereocenters. The largest absolute Gasteiger partial charge is 0.398 e. The highest BCUT2D eigenvalue weighted by atomic mass is 15.0. The number of nitrogen functional groups attached to an aromatic ring is 1. The van der Waals surface area contributed by atoms with Gasteiger partial charge < -0.3 is 11.1 Å². The lowest BCUT2D eigenvalue weighted by Crippen LogP contribution is -1.96. The third kappa shape index (κ3) is 2.22. The van der Waals surface area contributed by atoms with E-state index in [1.165, 1.54) is 5.56 Å². The van der Waals surface area contributed by atoms with Crippen molar-refractivity contribution in [2.45, 2.75) is 6.92 Å². The van der Waals surface area contributed by atoms with Crippen LogP contribution in [0.3, 0.4) is 0 Å². The Morgan fingerprint density at radius 2 is 1.84 bits per heavy atom. The summed E-state index contributed by atoms with van der Waals surface area (Å²) in [5.41, 5.74) is 9.00. The zero-order valence-corrected chi connectivity index (χ0v) is 10.7. The molecule has 1 heterocycles. The minimum atomic E-state index is 0.771. The lowest BCUT2D eigenvalue weighted by atomic mass is 10.1. The Balaban J connectivity index is 2.08. The molecule has 0 unspecified atom stereocenters. The summed E-state index contributed by atoms with van der Waals surface area (Å²) in [4.78, 5) is 4.41. The number of rotatable bonds is 2. The average molecular weight is 249 g/mol. The lowest BCUT2D eigenvalue weighted by molar-refractivity contribution is 1.33. The van der Waals surface area contributed by atoms with Crippen LogP contribution < -0.4 is 11.1 Å². The highest BCUT2D eigenvalue weighted by Crippen LogP contribution is 2.27. The quantitative estimate of drug-likeness (QED) is 0.678. The third-order valence-corrected chi connectivity index (χ3v) is 3.12. The summed E-state index contributed by atoms with van der Waals surface area (Å²) in [6.07, 6.45) is 1.77. The van der Waals surface area contributed by atoms with Crippen LogP contribution in [0.2, 0.25) is 0 Å². The number of aryl methyl sites for hydroxylation is 1. The minimum absolute atomic E-state index is 0.771. The molecule has 0 bridgehead atoms. The third-order valence-electron chi connectivity index (χ3n) is 3.12. The summed E-state index contributed by atoms with van der Waals surface area (Å²) in [7, 11) is 0. The van der Waals surface area contributed by atoms with Crippen molar-refractivity contribution in [2.24, 2.45) is 0 Å². The van der Waals surface area contributed by atoms with Crippen LogP contribution in [0.15, 0.2) is 54.7 Å². The number of aromatic nitrogens is 1. The average Bonchev–Trinajstić information content (AvgIpc) is 2.40. The first-order valence-corrected chi connectivity index (χ1v) is 6.21. The molecule has 3 N–H and O–H groups in total. The molecule has 1 aromatic heterocycles. The van der Waals surface area contributed by atoms with Gasteiger partial charge >= 0.3 is 0 Å². The second-order valence-electron chi connectivity index (χ2n) is 4.60. The first-order valence-electron chi connectivity index (χ1n) is 6.21. The number of fused-ring (bicyclic) bond motifs is 1. The fourth-order valence-electron chi connectivity index (χ4n) is 2.19. The molecule has 0 radical (unpaired) electrons. The van der Waals surface area contributed by atoms with Crippen molar-refractivity contribution in [1.82, 2.24) is 4.98 Å². The summed E-state index contributed by atoms with van der Waals surface area (Å²) >= 11 is 0. The number of hydrogen-bond donors (Lipinski definition) is 2. The molecule has 2 aromatic carbocycles. The Labute approximate surface area is 112 Å². The highest BCUT2D eigenvalue weighted by Gasteiger charge is 2.04. The van der Waals surface area contributed by atoms with Crippen molar-refractivity contribution in [2.75, 3.05) is 11.1 Å². The van der Waals surface area contributed by atoms with Gasteiger partial charge in [-0.3, -0.25) is 0 Å². The maximum Gasteiger partial charge on any atom is 0.138 e. The molecule has 0 amide bonds. The molecule has 0 saturated carbocycles. The molecule has 0 aliphatic rings. The molecule has 19 heavy (non-hydrogen) atoms. The van der Waals surface area contributed by atoms with Gasteiger partial charge in [-0.05, 0) is 36.8 Å². The van der Waals surface area contributed by atoms with E-state index in [1.54, 1.807) is 6.20 Å². The van der Waals surface area contributed by atoms with Crippen LogP contribution in [0.4, 0.5) is 17.2 Å². The lowest BCUT2D eigenvalue weighted by Gasteiger charge is -2.10. The Morgan fingerprint density at radius 3 is 2.68 bits per heavy atom. The molecule has 94 valence electrons. The van der Waals surface area contributed by atoms with Crippen molar-refractivity contribution in [1.29, 1.82) is 0 Å². The zero-order valence-electron chi connectivity index (χ0n) is 10.7. The Kier molecular flexibility index (Phi) is 2.80. The summed E-state index contributed by atoms with van der Waals surface area (Å²) in [5.74, 6) is 0.829. The van der Waals surface area contributed by atoms with E-state index in [0.29, 0.717) is 0 Å². The number of pyridine rings is 1. The zero-order chi connectivity index (χ0) is 13.2. The second-order valence-corrected chi connectivity index (χ2v) is 4.60. The molecule has 0 aliphatic carbocycles. The predicted octanol–water partition coefficient (Wildman–Crippen LogP) is 3.87. The normalized spacial score (nSPS) is 10.6. The first-order chi connectivity index (χ1) is 9.24. The van der Waals surface area contributed by atoms with Crippen LogP contribution in [-0.4, -0.2) is 4.98 Å². The van der Waals surface area contributed by atoms with Gasteiger partial charge in [0, 0.05) is 28.3 Å². The number of hydrogen-bond acceptors (Lipinski definition) is 3. The predicted molar refractivity (Wildman–Crippen MR) is 80.6 cm³/mol. The van der Waals surface area contributed by atoms with Crippen LogP contribution in [0, 0.1) is 6.92 Å². The fourth-order valence-corrected chi connectivity index (χ4v) is 2.19. The van der Waals surface area contributed by atoms with Crippen LogP contribution >= 0.6 is 0 Å². The van der Waals surface area contributed by atoms with Crippen LogP contribution in [0.5, 0.6) is 0 Å². The SMILES string of the molecule is Cc1cccc(Nc2nccc3c(N)cccc23)c1. The Bertz CT molecular complexity index is 735. The molecule has 0 spiro atoms. The first kappa shape index (κ1) is 11.5. The van der Waals surface area contributed by atoms with Crippen LogP contribution in [0.25, 0.3) is 10.8 Å². The highest BCUT2D eigenvalue weighted by molar-refractivity contribution is 5.99. The number of nitrogens with one attached hydrogen (secondary N) is 1. The van der Waals surface area contributed by atoms with E-state index >= 15 is 0 Å². The van der Waals surface area contributed by atoms with Crippen molar-refractivity contribution in [3.05, 3.63) is 60.3 Å². The summed E-state index contributed by atoms with van der Waals surface area (Å²) in [6.45, 7) is 2.07. The van der Waals surface area contributed by atoms with Crippen molar-refractivity contribution >= 4 is 28.0 Å². The van der Waals surface area contributed by atoms with E-state index in [-0.39, 0.29) is 0 Å². The van der Waals surface area contributed by atoms with Crippen molar-refractivity contribution in [3.8, 4) is 0 Å². The van der Waals surface area contributed by atoms with Gasteiger partial charge in [-0.2, -0.15) is 0 Å². The van der Waals surface area contributed by atoms with Gasteiger partial charge in [0.25, 0.3) is 0 Å². The molecule has 3 nitrogen and oxygen atoms in total. The maximum atomic E-state index is 5.99. The summed E-state index contributed by atoms with van der Waals surface area (Å²) in [6, 6.07) is 16.0. The molecule has 3 aromatic rings. The molecule has 3 heteroatoms. The summed E-state index contributed by atoms with van der Waals surface area (Å²) in [5, 5.41) is 5.40. The smallest absolute Gasteiger partial charge is 0.138 e. The van der Waals surface area contributed by atoms with Gasteiger partial charge in [-0.25, -0.2) is 4.98 Å². The Hall–Kier alpha value is -2.55. The van der Waals surface area contributed by atoms with Gasteiger partial charge in [-0.15, -0.1) is 0 Å². The molecule has 0 aliphatic heterocycles.